The summed E-state index contributed by atoms with van der Waals surface area (Å²) in [6, 6.07) is 16.0. The average molecular weight is 407 g/mol. The van der Waals surface area contributed by atoms with Gasteiger partial charge in [0, 0.05) is 28.9 Å². The largest absolute Gasteiger partial charge is 0.335 e. The molecule has 0 spiro atoms. The van der Waals surface area contributed by atoms with Crippen LogP contribution in [0.15, 0.2) is 73.2 Å². The van der Waals surface area contributed by atoms with Gasteiger partial charge in [0.25, 0.3) is 0 Å². The van der Waals surface area contributed by atoms with Crippen LogP contribution in [0, 0.1) is 5.82 Å². The maximum absolute atomic E-state index is 14.4. The summed E-state index contributed by atoms with van der Waals surface area (Å²) in [6.07, 6.45) is 5.08. The van der Waals surface area contributed by atoms with Crippen LogP contribution in [0.5, 0.6) is 0 Å². The zero-order valence-electron chi connectivity index (χ0n) is 16.0. The highest BCUT2D eigenvalue weighted by Crippen LogP contribution is 2.32. The summed E-state index contributed by atoms with van der Waals surface area (Å²) in [5.41, 5.74) is 5.23. The van der Waals surface area contributed by atoms with Crippen molar-refractivity contribution in [2.45, 2.75) is 0 Å². The number of aromatic amines is 2. The number of hydrogen-bond acceptors (Lipinski definition) is 5. The molecule has 8 heteroatoms. The highest BCUT2D eigenvalue weighted by atomic mass is 19.1. The molecule has 5 heterocycles. The summed E-state index contributed by atoms with van der Waals surface area (Å²) in [5, 5.41) is 8.28. The molecule has 0 aliphatic heterocycles. The third kappa shape index (κ3) is 2.84. The molecule has 0 aliphatic rings. The summed E-state index contributed by atoms with van der Waals surface area (Å²) in [4.78, 5) is 21.1. The van der Waals surface area contributed by atoms with Crippen LogP contribution in [0.2, 0.25) is 0 Å². The van der Waals surface area contributed by atoms with Crippen molar-refractivity contribution in [2.75, 3.05) is 0 Å². The first-order valence-corrected chi connectivity index (χ1v) is 9.63. The minimum atomic E-state index is -0.303. The van der Waals surface area contributed by atoms with Gasteiger partial charge < -0.3 is 4.98 Å². The zero-order chi connectivity index (χ0) is 20.8. The lowest BCUT2D eigenvalue weighted by Crippen LogP contribution is -1.87. The van der Waals surface area contributed by atoms with Gasteiger partial charge in [0.2, 0.25) is 0 Å². The Bertz CT molecular complexity index is 1550. The van der Waals surface area contributed by atoms with Gasteiger partial charge >= 0.3 is 0 Å². The van der Waals surface area contributed by atoms with Crippen LogP contribution < -0.4 is 0 Å². The maximum Gasteiger partial charge on any atom is 0.178 e. The van der Waals surface area contributed by atoms with Gasteiger partial charge in [-0.2, -0.15) is 5.10 Å². The lowest BCUT2D eigenvalue weighted by molar-refractivity contribution is 0.631. The summed E-state index contributed by atoms with van der Waals surface area (Å²) in [6.45, 7) is 0. The van der Waals surface area contributed by atoms with Gasteiger partial charge in [-0.1, -0.05) is 24.3 Å². The van der Waals surface area contributed by atoms with E-state index in [1.165, 1.54) is 6.07 Å². The summed E-state index contributed by atoms with van der Waals surface area (Å²) >= 11 is 0. The number of hydrogen-bond donors (Lipinski definition) is 2. The van der Waals surface area contributed by atoms with Crippen molar-refractivity contribution in [1.82, 2.24) is 35.1 Å². The first-order valence-electron chi connectivity index (χ1n) is 9.63. The van der Waals surface area contributed by atoms with Gasteiger partial charge in [-0.25, -0.2) is 14.4 Å². The van der Waals surface area contributed by atoms with E-state index >= 15 is 0 Å². The predicted molar refractivity (Wildman–Crippen MR) is 115 cm³/mol. The number of H-pyrrole nitrogens is 2. The second-order valence-electron chi connectivity index (χ2n) is 7.02. The lowest BCUT2D eigenvalue weighted by atomic mass is 10.1. The molecule has 6 rings (SSSR count). The van der Waals surface area contributed by atoms with Crippen molar-refractivity contribution in [2.24, 2.45) is 0 Å². The second kappa shape index (κ2) is 6.81. The number of fused-ring (bicyclic) bond motifs is 2. The molecule has 7 nitrogen and oxygen atoms in total. The molecular weight excluding hydrogens is 393 g/mol. The molecule has 1 aromatic carbocycles. The Hall–Kier alpha value is -4.46. The Kier molecular flexibility index (Phi) is 3.82. The molecule has 5 aromatic heterocycles. The minimum Gasteiger partial charge on any atom is -0.335 e. The number of nitrogens with one attached hydrogen (secondary N) is 2. The molecule has 0 saturated heterocycles. The molecule has 0 amide bonds. The number of pyridine rings is 3. The zero-order valence-corrected chi connectivity index (χ0v) is 16.0. The molecule has 2 N–H and O–H groups in total. The van der Waals surface area contributed by atoms with E-state index in [1.807, 2.05) is 24.3 Å². The molecule has 0 bridgehead atoms. The minimum absolute atomic E-state index is 0.303. The van der Waals surface area contributed by atoms with Gasteiger partial charge in [-0.05, 0) is 30.3 Å². The van der Waals surface area contributed by atoms with E-state index in [-0.39, 0.29) is 5.82 Å². The SMILES string of the molecule is Fc1ccccc1-c1ccnc2nc(-c3n[nH]c4cnc(-c5ccccn5)cc34)[nH]c12. The monoisotopic (exact) mass is 407 g/mol. The molecule has 0 radical (unpaired) electrons. The van der Waals surface area contributed by atoms with Crippen molar-refractivity contribution < 1.29 is 4.39 Å². The fourth-order valence-corrected chi connectivity index (χ4v) is 3.68. The highest BCUT2D eigenvalue weighted by molar-refractivity contribution is 5.96. The van der Waals surface area contributed by atoms with Gasteiger partial charge in [-0.3, -0.25) is 15.1 Å². The molecule has 0 atom stereocenters. The Balaban J connectivity index is 1.53. The predicted octanol–water partition coefficient (Wildman–Crippen LogP) is 4.76. The van der Waals surface area contributed by atoms with E-state index in [4.69, 9.17) is 0 Å². The quantitative estimate of drug-likeness (QED) is 0.441. The van der Waals surface area contributed by atoms with Gasteiger partial charge in [0.05, 0.1) is 28.6 Å². The normalized spacial score (nSPS) is 11.4. The third-order valence-corrected chi connectivity index (χ3v) is 5.15. The molecule has 148 valence electrons. The summed E-state index contributed by atoms with van der Waals surface area (Å²) < 4.78 is 14.4. The van der Waals surface area contributed by atoms with Crippen molar-refractivity contribution in [3.05, 3.63) is 79.0 Å². The standard InChI is InChI=1S/C23H14FN7/c24-16-6-2-1-5-13(16)14-8-10-26-22-20(14)28-23(29-22)21-15-11-18(17-7-3-4-9-25-17)27-12-19(15)30-31-21/h1-12H,(H,30,31)(H,26,28,29). The topological polar surface area (TPSA) is 96.0 Å². The first kappa shape index (κ1) is 17.4. The smallest absolute Gasteiger partial charge is 0.178 e. The van der Waals surface area contributed by atoms with Crippen molar-refractivity contribution >= 4 is 22.1 Å². The molecular formula is C23H14FN7. The molecule has 0 aliphatic carbocycles. The molecule has 31 heavy (non-hydrogen) atoms. The summed E-state index contributed by atoms with van der Waals surface area (Å²) in [5.74, 6) is 0.234. The van der Waals surface area contributed by atoms with Crippen molar-refractivity contribution in [1.29, 1.82) is 0 Å². The van der Waals surface area contributed by atoms with Crippen LogP contribution in [-0.4, -0.2) is 35.1 Å². The van der Waals surface area contributed by atoms with Gasteiger partial charge in [0.1, 0.15) is 11.5 Å². The van der Waals surface area contributed by atoms with Crippen molar-refractivity contribution in [3.8, 4) is 34.0 Å². The van der Waals surface area contributed by atoms with E-state index in [0.717, 1.165) is 22.3 Å². The Morgan fingerprint density at radius 2 is 1.71 bits per heavy atom. The number of rotatable bonds is 3. The van der Waals surface area contributed by atoms with Crippen LogP contribution in [-0.2, 0) is 0 Å². The lowest BCUT2D eigenvalue weighted by Gasteiger charge is -2.03. The molecule has 6 aromatic rings. The van der Waals surface area contributed by atoms with E-state index in [0.29, 0.717) is 33.8 Å². The molecule has 0 saturated carbocycles. The van der Waals surface area contributed by atoms with E-state index in [9.17, 15) is 4.39 Å². The van der Waals surface area contributed by atoms with Crippen LogP contribution in [0.4, 0.5) is 4.39 Å². The van der Waals surface area contributed by atoms with E-state index in [1.54, 1.807) is 42.9 Å². The van der Waals surface area contributed by atoms with Crippen molar-refractivity contribution in [3.63, 3.8) is 0 Å². The summed E-state index contributed by atoms with van der Waals surface area (Å²) in [7, 11) is 0. The van der Waals surface area contributed by atoms with Gasteiger partial charge in [-0.15, -0.1) is 0 Å². The van der Waals surface area contributed by atoms with Crippen LogP contribution in [0.1, 0.15) is 0 Å². The highest BCUT2D eigenvalue weighted by Gasteiger charge is 2.17. The average Bonchev–Trinajstić information content (AvgIpc) is 3.43. The van der Waals surface area contributed by atoms with Crippen LogP contribution in [0.25, 0.3) is 56.1 Å². The fraction of sp³-hybridized carbons (Fsp3) is 0. The number of halogens is 1. The van der Waals surface area contributed by atoms with Crippen LogP contribution in [0.3, 0.4) is 0 Å². The Morgan fingerprint density at radius 1 is 0.806 bits per heavy atom. The number of benzene rings is 1. The fourth-order valence-electron chi connectivity index (χ4n) is 3.68. The van der Waals surface area contributed by atoms with Crippen LogP contribution >= 0.6 is 0 Å². The Labute approximate surface area is 175 Å². The first-order chi connectivity index (χ1) is 15.3. The van der Waals surface area contributed by atoms with Gasteiger partial charge in [0.15, 0.2) is 11.5 Å². The molecule has 0 unspecified atom stereocenters. The number of aromatic nitrogens is 7. The second-order valence-corrected chi connectivity index (χ2v) is 7.02. The van der Waals surface area contributed by atoms with E-state index < -0.39 is 0 Å². The Morgan fingerprint density at radius 3 is 2.58 bits per heavy atom. The molecule has 0 fully saturated rings. The van der Waals surface area contributed by atoms with E-state index in [2.05, 4.69) is 35.1 Å². The number of nitrogens with zero attached hydrogens (tertiary/aromatic N) is 5. The number of imidazole rings is 1. The maximum atomic E-state index is 14.4. The third-order valence-electron chi connectivity index (χ3n) is 5.15.